The SMILES string of the molecule is C=C1C[C@@H](C(=O)NCc2cc(C(=N)N)cs2)N(C(=O)CNC(=O)c2ccc(Oc3ccccc3)cc2)C1. The Morgan fingerprint density at radius 3 is 2.43 bits per heavy atom. The summed E-state index contributed by atoms with van der Waals surface area (Å²) in [4.78, 5) is 40.6. The highest BCUT2D eigenvalue weighted by Gasteiger charge is 2.35. The first-order valence-electron chi connectivity index (χ1n) is 11.6. The van der Waals surface area contributed by atoms with Gasteiger partial charge in [-0.2, -0.15) is 0 Å². The number of amidine groups is 1. The summed E-state index contributed by atoms with van der Waals surface area (Å²) in [5.74, 6) is 0.167. The van der Waals surface area contributed by atoms with Gasteiger partial charge in [-0.05, 0) is 48.9 Å². The maximum absolute atomic E-state index is 12.9. The number of para-hydroxylation sites is 1. The Morgan fingerprint density at radius 1 is 1.05 bits per heavy atom. The molecule has 190 valence electrons. The highest BCUT2D eigenvalue weighted by Crippen LogP contribution is 2.23. The van der Waals surface area contributed by atoms with E-state index in [1.165, 1.54) is 16.2 Å². The molecule has 10 heteroatoms. The van der Waals surface area contributed by atoms with Crippen LogP contribution < -0.4 is 21.1 Å². The predicted octanol–water partition coefficient (Wildman–Crippen LogP) is 3.03. The number of carbonyl (C=O) groups excluding carboxylic acids is 3. The molecule has 1 fully saturated rings. The molecule has 0 aliphatic carbocycles. The Hall–Kier alpha value is -4.44. The summed E-state index contributed by atoms with van der Waals surface area (Å²) in [7, 11) is 0. The lowest BCUT2D eigenvalue weighted by Gasteiger charge is -2.23. The number of hydrogen-bond donors (Lipinski definition) is 4. The predicted molar refractivity (Wildman–Crippen MR) is 142 cm³/mol. The van der Waals surface area contributed by atoms with Crippen molar-refractivity contribution in [2.24, 2.45) is 5.73 Å². The van der Waals surface area contributed by atoms with Gasteiger partial charge in [0.05, 0.1) is 13.1 Å². The lowest BCUT2D eigenvalue weighted by molar-refractivity contribution is -0.137. The number of carbonyl (C=O) groups is 3. The van der Waals surface area contributed by atoms with Gasteiger partial charge in [0.2, 0.25) is 11.8 Å². The lowest BCUT2D eigenvalue weighted by atomic mass is 10.1. The van der Waals surface area contributed by atoms with Gasteiger partial charge in [0.25, 0.3) is 5.91 Å². The number of benzene rings is 2. The molecule has 5 N–H and O–H groups in total. The summed E-state index contributed by atoms with van der Waals surface area (Å²) < 4.78 is 5.73. The number of rotatable bonds is 9. The van der Waals surface area contributed by atoms with Gasteiger partial charge in [-0.15, -0.1) is 11.3 Å². The van der Waals surface area contributed by atoms with Crippen molar-refractivity contribution in [3.63, 3.8) is 0 Å². The van der Waals surface area contributed by atoms with Gasteiger partial charge in [0.1, 0.15) is 23.4 Å². The quantitative estimate of drug-likeness (QED) is 0.196. The molecule has 2 aromatic carbocycles. The molecule has 3 aromatic rings. The Morgan fingerprint density at radius 2 is 1.76 bits per heavy atom. The van der Waals surface area contributed by atoms with Crippen LogP contribution in [0.2, 0.25) is 0 Å². The molecule has 4 rings (SSSR count). The molecule has 0 spiro atoms. The maximum atomic E-state index is 12.9. The van der Waals surface area contributed by atoms with E-state index in [9.17, 15) is 14.4 Å². The van der Waals surface area contributed by atoms with Crippen molar-refractivity contribution in [1.29, 1.82) is 5.41 Å². The average Bonchev–Trinajstić information content (AvgIpc) is 3.54. The largest absolute Gasteiger partial charge is 0.457 e. The molecule has 37 heavy (non-hydrogen) atoms. The number of nitrogens with zero attached hydrogens (tertiary/aromatic N) is 1. The van der Waals surface area contributed by atoms with Crippen molar-refractivity contribution in [2.75, 3.05) is 13.1 Å². The Labute approximate surface area is 218 Å². The van der Waals surface area contributed by atoms with E-state index in [2.05, 4.69) is 17.2 Å². The Balaban J connectivity index is 1.29. The van der Waals surface area contributed by atoms with Crippen LogP contribution in [0.5, 0.6) is 11.5 Å². The second kappa shape index (κ2) is 11.5. The van der Waals surface area contributed by atoms with E-state index in [0.717, 1.165) is 10.5 Å². The van der Waals surface area contributed by atoms with Crippen LogP contribution in [0.15, 0.2) is 78.2 Å². The summed E-state index contributed by atoms with van der Waals surface area (Å²) >= 11 is 1.39. The molecular formula is C27H27N5O4S. The number of nitrogens with two attached hydrogens (primary N) is 1. The number of thiophene rings is 1. The third-order valence-corrected chi connectivity index (χ3v) is 6.71. The third kappa shape index (κ3) is 6.62. The van der Waals surface area contributed by atoms with Crippen molar-refractivity contribution in [3.05, 3.63) is 94.2 Å². The second-order valence-electron chi connectivity index (χ2n) is 8.55. The molecule has 1 aliphatic heterocycles. The van der Waals surface area contributed by atoms with Gasteiger partial charge in [-0.3, -0.25) is 19.8 Å². The fourth-order valence-electron chi connectivity index (χ4n) is 3.86. The summed E-state index contributed by atoms with van der Waals surface area (Å²) in [6.45, 7) is 4.21. The molecule has 1 aromatic heterocycles. The summed E-state index contributed by atoms with van der Waals surface area (Å²) in [5.41, 5.74) is 7.24. The molecule has 1 saturated heterocycles. The van der Waals surface area contributed by atoms with Crippen LogP contribution in [-0.2, 0) is 16.1 Å². The molecule has 0 unspecified atom stereocenters. The fourth-order valence-corrected chi connectivity index (χ4v) is 4.68. The second-order valence-corrected chi connectivity index (χ2v) is 9.54. The van der Waals surface area contributed by atoms with Crippen LogP contribution >= 0.6 is 11.3 Å². The van der Waals surface area contributed by atoms with Gasteiger partial charge < -0.3 is 26.0 Å². The van der Waals surface area contributed by atoms with E-state index >= 15 is 0 Å². The van der Waals surface area contributed by atoms with Gasteiger partial charge in [-0.1, -0.05) is 30.4 Å². The van der Waals surface area contributed by atoms with Crippen LogP contribution in [0.4, 0.5) is 0 Å². The van der Waals surface area contributed by atoms with E-state index in [1.807, 2.05) is 30.3 Å². The topological polar surface area (TPSA) is 138 Å². The summed E-state index contributed by atoms with van der Waals surface area (Å²) in [5, 5.41) is 14.7. The molecule has 9 nitrogen and oxygen atoms in total. The minimum Gasteiger partial charge on any atom is -0.457 e. The first kappa shape index (κ1) is 25.6. The minimum atomic E-state index is -0.696. The van der Waals surface area contributed by atoms with Crippen LogP contribution in [0.3, 0.4) is 0 Å². The number of hydrogen-bond acceptors (Lipinski definition) is 6. The summed E-state index contributed by atoms with van der Waals surface area (Å²) in [6, 6.07) is 17.0. The molecule has 0 saturated carbocycles. The number of nitrogen functional groups attached to an aromatic ring is 1. The fraction of sp³-hybridized carbons (Fsp3) is 0.185. The minimum absolute atomic E-state index is 0.0313. The van der Waals surface area contributed by atoms with Crippen LogP contribution in [0.1, 0.15) is 27.2 Å². The van der Waals surface area contributed by atoms with Crippen molar-refractivity contribution in [3.8, 4) is 11.5 Å². The van der Waals surface area contributed by atoms with Crippen molar-refractivity contribution in [1.82, 2.24) is 15.5 Å². The van der Waals surface area contributed by atoms with E-state index in [-0.39, 0.29) is 37.3 Å². The molecular weight excluding hydrogens is 490 g/mol. The Kier molecular flexibility index (Phi) is 7.99. The van der Waals surface area contributed by atoms with E-state index in [4.69, 9.17) is 15.9 Å². The smallest absolute Gasteiger partial charge is 0.251 e. The lowest BCUT2D eigenvalue weighted by Crippen LogP contribution is -2.48. The van der Waals surface area contributed by atoms with Gasteiger partial charge in [-0.25, -0.2) is 0 Å². The number of nitrogens with one attached hydrogen (secondary N) is 3. The zero-order valence-corrected chi connectivity index (χ0v) is 20.8. The molecule has 0 radical (unpaired) electrons. The van der Waals surface area contributed by atoms with Crippen LogP contribution in [-0.4, -0.2) is 47.6 Å². The van der Waals surface area contributed by atoms with Gasteiger partial charge in [0, 0.05) is 27.9 Å². The van der Waals surface area contributed by atoms with E-state index < -0.39 is 11.9 Å². The standard InChI is InChI=1S/C27H27N5O4S/c1-17-11-23(27(35)30-13-22-12-19(16-37-22)25(28)29)32(15-17)24(33)14-31-26(34)18-7-9-21(10-8-18)36-20-5-3-2-4-6-20/h2-10,12,16,23H,1,11,13-15H2,(H3,28,29)(H,30,35)(H,31,34)/t23-/m0/s1. The van der Waals surface area contributed by atoms with Crippen LogP contribution in [0, 0.1) is 5.41 Å². The maximum Gasteiger partial charge on any atom is 0.251 e. The highest BCUT2D eigenvalue weighted by atomic mass is 32.1. The molecule has 0 bridgehead atoms. The zero-order valence-electron chi connectivity index (χ0n) is 20.0. The molecule has 3 amide bonds. The number of ether oxygens (including phenoxy) is 1. The number of amides is 3. The third-order valence-electron chi connectivity index (χ3n) is 5.77. The van der Waals surface area contributed by atoms with Crippen LogP contribution in [0.25, 0.3) is 0 Å². The number of likely N-dealkylation sites (tertiary alicyclic amines) is 1. The average molecular weight is 518 g/mol. The summed E-state index contributed by atoms with van der Waals surface area (Å²) in [6.07, 6.45) is 0.359. The highest BCUT2D eigenvalue weighted by molar-refractivity contribution is 7.10. The first-order chi connectivity index (χ1) is 17.8. The molecule has 1 aliphatic rings. The normalized spacial score (nSPS) is 14.8. The monoisotopic (exact) mass is 517 g/mol. The molecule has 1 atom stereocenters. The Bertz CT molecular complexity index is 1320. The zero-order chi connectivity index (χ0) is 26.4. The van der Waals surface area contributed by atoms with Crippen molar-refractivity contribution >= 4 is 34.9 Å². The van der Waals surface area contributed by atoms with Gasteiger partial charge >= 0.3 is 0 Å². The van der Waals surface area contributed by atoms with Crippen molar-refractivity contribution in [2.45, 2.75) is 19.0 Å². The van der Waals surface area contributed by atoms with Crippen molar-refractivity contribution < 1.29 is 19.1 Å². The molecule has 2 heterocycles. The van der Waals surface area contributed by atoms with Gasteiger partial charge in [0.15, 0.2) is 0 Å². The van der Waals surface area contributed by atoms with E-state index in [1.54, 1.807) is 35.7 Å². The van der Waals surface area contributed by atoms with E-state index in [0.29, 0.717) is 29.0 Å². The first-order valence-corrected chi connectivity index (χ1v) is 12.4.